The van der Waals surface area contributed by atoms with E-state index in [0.29, 0.717) is 11.6 Å². The summed E-state index contributed by atoms with van der Waals surface area (Å²) in [5.41, 5.74) is 7.62. The Morgan fingerprint density at radius 3 is 2.75 bits per heavy atom. The lowest BCUT2D eigenvalue weighted by Gasteiger charge is -2.17. The Morgan fingerprint density at radius 2 is 1.97 bits per heavy atom. The van der Waals surface area contributed by atoms with Gasteiger partial charge >= 0.3 is 0 Å². The molecule has 1 fully saturated rings. The number of hydrogen-bond acceptors (Lipinski definition) is 4. The molecule has 0 radical (unpaired) electrons. The maximum Gasteiger partial charge on any atom is 0.161 e. The maximum atomic E-state index is 9.09. The van der Waals surface area contributed by atoms with E-state index < -0.39 is 0 Å². The summed E-state index contributed by atoms with van der Waals surface area (Å²) in [6, 6.07) is 19.3. The van der Waals surface area contributed by atoms with Crippen LogP contribution in [-0.2, 0) is 6.54 Å². The number of likely N-dealkylation sites (tertiary alicyclic amines) is 1. The zero-order valence-corrected chi connectivity index (χ0v) is 18.0. The van der Waals surface area contributed by atoms with E-state index in [9.17, 15) is 0 Å². The number of aromatic nitrogens is 3. The Labute approximate surface area is 187 Å². The average molecular weight is 421 g/mol. The van der Waals surface area contributed by atoms with Crippen LogP contribution in [-0.4, -0.2) is 45.2 Å². The quantitative estimate of drug-likeness (QED) is 0.471. The van der Waals surface area contributed by atoms with Gasteiger partial charge in [-0.2, -0.15) is 5.26 Å². The minimum atomic E-state index is 0.498. The number of benzene rings is 2. The molecule has 0 amide bonds. The van der Waals surface area contributed by atoms with Gasteiger partial charge in [0.05, 0.1) is 23.0 Å². The molecular weight excluding hydrogens is 396 g/mol. The highest BCUT2D eigenvalue weighted by molar-refractivity contribution is 5.72. The van der Waals surface area contributed by atoms with Gasteiger partial charge in [-0.1, -0.05) is 12.1 Å². The van der Waals surface area contributed by atoms with E-state index in [1.54, 1.807) is 0 Å². The first-order chi connectivity index (χ1) is 15.7. The predicted octanol–water partition coefficient (Wildman–Crippen LogP) is 4.36. The number of nitrogens with zero attached hydrogens (tertiary/aromatic N) is 5. The summed E-state index contributed by atoms with van der Waals surface area (Å²) in [5, 5.41) is 12.8. The molecule has 158 valence electrons. The molecule has 0 bridgehead atoms. The van der Waals surface area contributed by atoms with Crippen molar-refractivity contribution in [3.63, 3.8) is 0 Å². The lowest BCUT2D eigenvalue weighted by atomic mass is 10.1. The van der Waals surface area contributed by atoms with Crippen LogP contribution in [0.25, 0.3) is 28.3 Å². The fourth-order valence-corrected chi connectivity index (χ4v) is 4.92. The molecule has 1 saturated heterocycles. The van der Waals surface area contributed by atoms with Gasteiger partial charge in [-0.3, -0.25) is 4.57 Å². The first-order valence-corrected chi connectivity index (χ1v) is 11.0. The van der Waals surface area contributed by atoms with Crippen LogP contribution in [0.1, 0.15) is 17.5 Å². The Hall–Kier alpha value is -3.82. The molecule has 2 aromatic heterocycles. The molecule has 4 heterocycles. The third-order valence-electron chi connectivity index (χ3n) is 6.56. The third kappa shape index (κ3) is 3.19. The second kappa shape index (κ2) is 7.40. The molecule has 32 heavy (non-hydrogen) atoms. The summed E-state index contributed by atoms with van der Waals surface area (Å²) in [4.78, 5) is 7.05. The molecule has 4 aromatic rings. The zero-order chi connectivity index (χ0) is 21.7. The summed E-state index contributed by atoms with van der Waals surface area (Å²) in [5.74, 6) is 0.946. The monoisotopic (exact) mass is 420 g/mol. The van der Waals surface area contributed by atoms with Crippen LogP contribution in [0.5, 0.6) is 0 Å². The smallest absolute Gasteiger partial charge is 0.161 e. The summed E-state index contributed by atoms with van der Waals surface area (Å²) in [7, 11) is 2.18. The van der Waals surface area contributed by atoms with Crippen LogP contribution >= 0.6 is 0 Å². The van der Waals surface area contributed by atoms with E-state index in [0.717, 1.165) is 42.3 Å². The van der Waals surface area contributed by atoms with Gasteiger partial charge in [-0.15, -0.1) is 0 Å². The Morgan fingerprint density at radius 1 is 1.09 bits per heavy atom. The molecule has 0 aliphatic carbocycles. The van der Waals surface area contributed by atoms with E-state index in [1.807, 2.05) is 36.7 Å². The number of nitriles is 1. The highest BCUT2D eigenvalue weighted by Crippen LogP contribution is 2.35. The van der Waals surface area contributed by atoms with E-state index in [2.05, 4.69) is 67.9 Å². The van der Waals surface area contributed by atoms with E-state index in [1.165, 1.54) is 23.4 Å². The van der Waals surface area contributed by atoms with Gasteiger partial charge in [-0.05, 0) is 67.5 Å². The molecule has 6 rings (SSSR count). The zero-order valence-electron chi connectivity index (χ0n) is 18.0. The van der Waals surface area contributed by atoms with Gasteiger partial charge in [-0.25, -0.2) is 4.98 Å². The number of imidazole rings is 1. The maximum absolute atomic E-state index is 9.09. The molecule has 0 saturated carbocycles. The standard InChI is InChI=1S/C26H24N6/c1-30-10-8-23(17-30)29-22-6-7-24-21(12-22)16-31-15-20(19-4-2-18(14-27)3-5-19)13-25(31)26-28-9-11-32(24)26/h2-7,9,11-13,15,23,29H,8,10,16-17H2,1H3. The summed E-state index contributed by atoms with van der Waals surface area (Å²) >= 11 is 0. The highest BCUT2D eigenvalue weighted by atomic mass is 15.2. The summed E-state index contributed by atoms with van der Waals surface area (Å²) in [6.45, 7) is 3.01. The minimum absolute atomic E-state index is 0.498. The molecule has 1 unspecified atom stereocenters. The fourth-order valence-electron chi connectivity index (χ4n) is 4.92. The second-order valence-corrected chi connectivity index (χ2v) is 8.79. The van der Waals surface area contributed by atoms with Crippen LogP contribution < -0.4 is 5.32 Å². The molecule has 1 atom stereocenters. The topological polar surface area (TPSA) is 61.8 Å². The second-order valence-electron chi connectivity index (χ2n) is 8.79. The van der Waals surface area contributed by atoms with Crippen LogP contribution in [0.3, 0.4) is 0 Å². The van der Waals surface area contributed by atoms with Crippen molar-refractivity contribution < 1.29 is 0 Å². The van der Waals surface area contributed by atoms with Crippen molar-refractivity contribution in [2.24, 2.45) is 0 Å². The lowest BCUT2D eigenvalue weighted by molar-refractivity contribution is 0.414. The van der Waals surface area contributed by atoms with Crippen LogP contribution in [0.4, 0.5) is 5.69 Å². The van der Waals surface area contributed by atoms with Gasteiger partial charge in [0.1, 0.15) is 0 Å². The van der Waals surface area contributed by atoms with E-state index in [4.69, 9.17) is 5.26 Å². The average Bonchev–Trinajstić information content (AvgIpc) is 3.53. The van der Waals surface area contributed by atoms with E-state index >= 15 is 0 Å². The number of anilines is 1. The Bertz CT molecular complexity index is 1340. The third-order valence-corrected chi connectivity index (χ3v) is 6.56. The molecule has 1 N–H and O–H groups in total. The normalized spacial score (nSPS) is 17.2. The number of fused-ring (bicyclic) bond motifs is 5. The minimum Gasteiger partial charge on any atom is -0.381 e. The lowest BCUT2D eigenvalue weighted by Crippen LogP contribution is -2.23. The van der Waals surface area contributed by atoms with Crippen LogP contribution in [0.2, 0.25) is 0 Å². The predicted molar refractivity (Wildman–Crippen MR) is 126 cm³/mol. The first kappa shape index (κ1) is 18.9. The Balaban J connectivity index is 1.39. The molecule has 0 spiro atoms. The molecule has 2 aliphatic rings. The first-order valence-electron chi connectivity index (χ1n) is 11.0. The summed E-state index contributed by atoms with van der Waals surface area (Å²) < 4.78 is 4.47. The van der Waals surface area contributed by atoms with E-state index in [-0.39, 0.29) is 0 Å². The fraction of sp³-hybridized carbons (Fsp3) is 0.231. The largest absolute Gasteiger partial charge is 0.381 e. The van der Waals surface area contributed by atoms with Crippen molar-refractivity contribution in [2.45, 2.75) is 19.0 Å². The van der Waals surface area contributed by atoms with Crippen LogP contribution in [0.15, 0.2) is 67.1 Å². The summed E-state index contributed by atoms with van der Waals surface area (Å²) in [6.07, 6.45) is 7.27. The van der Waals surface area contributed by atoms with Gasteiger partial charge < -0.3 is 14.8 Å². The molecular formula is C26H24N6. The molecule has 6 heteroatoms. The number of nitrogens with one attached hydrogen (secondary N) is 1. The van der Waals surface area contributed by atoms with Crippen molar-refractivity contribution in [1.29, 1.82) is 5.26 Å². The van der Waals surface area contributed by atoms with Crippen molar-refractivity contribution in [1.82, 2.24) is 19.0 Å². The van der Waals surface area contributed by atoms with Crippen molar-refractivity contribution in [3.05, 3.63) is 78.2 Å². The van der Waals surface area contributed by atoms with Crippen molar-refractivity contribution in [2.75, 3.05) is 25.5 Å². The SMILES string of the molecule is CN1CCC(Nc2ccc3c(c2)Cn2cc(-c4ccc(C#N)cc4)cc2-c2nccn2-3)C1. The van der Waals surface area contributed by atoms with Crippen LogP contribution in [0, 0.1) is 11.3 Å². The molecule has 6 nitrogen and oxygen atoms in total. The van der Waals surface area contributed by atoms with Crippen molar-refractivity contribution >= 4 is 5.69 Å². The molecule has 2 aromatic carbocycles. The van der Waals surface area contributed by atoms with Gasteiger partial charge in [0, 0.05) is 49.0 Å². The number of likely N-dealkylation sites (N-methyl/N-ethyl adjacent to an activating group) is 1. The van der Waals surface area contributed by atoms with Gasteiger partial charge in [0.15, 0.2) is 5.82 Å². The number of hydrogen-bond donors (Lipinski definition) is 1. The Kier molecular flexibility index (Phi) is 4.37. The molecule has 2 aliphatic heterocycles. The number of rotatable bonds is 3. The van der Waals surface area contributed by atoms with Gasteiger partial charge in [0.2, 0.25) is 0 Å². The van der Waals surface area contributed by atoms with Crippen molar-refractivity contribution in [3.8, 4) is 34.4 Å². The van der Waals surface area contributed by atoms with Gasteiger partial charge in [0.25, 0.3) is 0 Å². The highest BCUT2D eigenvalue weighted by Gasteiger charge is 2.23.